The molecule has 0 bridgehead atoms. The van der Waals surface area contributed by atoms with Crippen molar-refractivity contribution in [3.05, 3.63) is 47.5 Å². The normalized spacial score (nSPS) is 11.0. The highest BCUT2D eigenvalue weighted by Crippen LogP contribution is 2.26. The molecule has 0 saturated carbocycles. The number of anilines is 2. The summed E-state index contributed by atoms with van der Waals surface area (Å²) in [6, 6.07) is 11.2. The van der Waals surface area contributed by atoms with Gasteiger partial charge in [0, 0.05) is 5.69 Å². The summed E-state index contributed by atoms with van der Waals surface area (Å²) >= 11 is 0. The van der Waals surface area contributed by atoms with Crippen molar-refractivity contribution in [2.45, 2.75) is 13.8 Å². The largest absolute Gasteiger partial charge is 0.399 e. The van der Waals surface area contributed by atoms with E-state index in [0.717, 1.165) is 16.8 Å². The summed E-state index contributed by atoms with van der Waals surface area (Å²) in [6.07, 6.45) is 0. The Morgan fingerprint density at radius 3 is 2.11 bits per heavy atom. The lowest BCUT2D eigenvalue weighted by Crippen LogP contribution is -1.89. The smallest absolute Gasteiger partial charge is 0.109 e. The van der Waals surface area contributed by atoms with E-state index in [1.807, 2.05) is 26.0 Å². The van der Waals surface area contributed by atoms with Gasteiger partial charge < -0.3 is 11.5 Å². The van der Waals surface area contributed by atoms with Gasteiger partial charge >= 0.3 is 0 Å². The lowest BCUT2D eigenvalue weighted by molar-refractivity contribution is 1.22. The Bertz CT molecular complexity index is 582. The Morgan fingerprint density at radius 2 is 1.50 bits per heavy atom. The van der Waals surface area contributed by atoms with Gasteiger partial charge in [-0.1, -0.05) is 6.07 Å². The standard InChI is InChI=1S/C14H16N4/c1-9-5-10(2)7-12(6-9)17-18-14-4-3-11(15)8-13(14)16/h3-8H,15-16H2,1-2H3. The van der Waals surface area contributed by atoms with Gasteiger partial charge in [0.05, 0.1) is 11.4 Å². The van der Waals surface area contributed by atoms with E-state index in [2.05, 4.69) is 16.3 Å². The fraction of sp³-hybridized carbons (Fsp3) is 0.143. The fourth-order valence-corrected chi connectivity index (χ4v) is 1.78. The number of azo groups is 1. The van der Waals surface area contributed by atoms with Gasteiger partial charge in [-0.25, -0.2) is 0 Å². The lowest BCUT2D eigenvalue weighted by atomic mass is 10.1. The molecule has 0 radical (unpaired) electrons. The van der Waals surface area contributed by atoms with Crippen LogP contribution in [-0.2, 0) is 0 Å². The van der Waals surface area contributed by atoms with Crippen LogP contribution in [0.1, 0.15) is 11.1 Å². The molecule has 4 nitrogen and oxygen atoms in total. The molecule has 0 aromatic heterocycles. The van der Waals surface area contributed by atoms with Gasteiger partial charge in [0.2, 0.25) is 0 Å². The predicted molar refractivity (Wildman–Crippen MR) is 75.4 cm³/mol. The monoisotopic (exact) mass is 240 g/mol. The van der Waals surface area contributed by atoms with Crippen LogP contribution in [-0.4, -0.2) is 0 Å². The summed E-state index contributed by atoms with van der Waals surface area (Å²) in [5.74, 6) is 0. The third kappa shape index (κ3) is 2.85. The number of hydrogen-bond donors (Lipinski definition) is 2. The molecule has 18 heavy (non-hydrogen) atoms. The summed E-state index contributed by atoms with van der Waals surface area (Å²) in [6.45, 7) is 4.06. The van der Waals surface area contributed by atoms with Crippen LogP contribution in [0.4, 0.5) is 22.7 Å². The molecule has 0 unspecified atom stereocenters. The van der Waals surface area contributed by atoms with Crippen molar-refractivity contribution < 1.29 is 0 Å². The zero-order valence-corrected chi connectivity index (χ0v) is 10.5. The maximum absolute atomic E-state index is 5.81. The second kappa shape index (κ2) is 4.87. The number of hydrogen-bond acceptors (Lipinski definition) is 4. The summed E-state index contributed by atoms with van der Waals surface area (Å²) < 4.78 is 0. The van der Waals surface area contributed by atoms with Crippen LogP contribution in [0.25, 0.3) is 0 Å². The number of nitrogens with zero attached hydrogens (tertiary/aromatic N) is 2. The minimum Gasteiger partial charge on any atom is -0.399 e. The molecule has 2 aromatic carbocycles. The third-order valence-electron chi connectivity index (χ3n) is 2.53. The predicted octanol–water partition coefficient (Wildman–Crippen LogP) is 3.88. The molecule has 0 spiro atoms. The van der Waals surface area contributed by atoms with Gasteiger partial charge in [-0.3, -0.25) is 0 Å². The van der Waals surface area contributed by atoms with E-state index in [1.54, 1.807) is 18.2 Å². The first-order chi connectivity index (χ1) is 8.54. The van der Waals surface area contributed by atoms with Gasteiger partial charge in [0.15, 0.2) is 0 Å². The Balaban J connectivity index is 2.29. The van der Waals surface area contributed by atoms with E-state index in [1.165, 1.54) is 0 Å². The number of nitrogens with two attached hydrogens (primary N) is 2. The van der Waals surface area contributed by atoms with Crippen LogP contribution in [0.5, 0.6) is 0 Å². The lowest BCUT2D eigenvalue weighted by Gasteiger charge is -2.01. The maximum atomic E-state index is 5.81. The molecule has 0 heterocycles. The van der Waals surface area contributed by atoms with E-state index in [4.69, 9.17) is 11.5 Å². The van der Waals surface area contributed by atoms with Crippen molar-refractivity contribution in [2.75, 3.05) is 11.5 Å². The molecule has 4 heteroatoms. The minimum atomic E-state index is 0.531. The van der Waals surface area contributed by atoms with Gasteiger partial charge in [0.25, 0.3) is 0 Å². The van der Waals surface area contributed by atoms with Crippen LogP contribution in [0.3, 0.4) is 0 Å². The second-order valence-electron chi connectivity index (χ2n) is 4.36. The number of benzene rings is 2. The van der Waals surface area contributed by atoms with Gasteiger partial charge in [-0.2, -0.15) is 5.11 Å². The first kappa shape index (κ1) is 12.1. The van der Waals surface area contributed by atoms with Crippen molar-refractivity contribution >= 4 is 22.7 Å². The Morgan fingerprint density at radius 1 is 0.833 bits per heavy atom. The summed E-state index contributed by atoms with van der Waals surface area (Å²) in [5, 5.41) is 8.34. The van der Waals surface area contributed by atoms with E-state index in [0.29, 0.717) is 17.1 Å². The fourth-order valence-electron chi connectivity index (χ4n) is 1.78. The topological polar surface area (TPSA) is 76.8 Å². The molecule has 0 aliphatic heterocycles. The Labute approximate surface area is 106 Å². The molecule has 0 atom stereocenters. The molecule has 92 valence electrons. The first-order valence-electron chi connectivity index (χ1n) is 5.69. The highest BCUT2D eigenvalue weighted by Gasteiger charge is 1.98. The van der Waals surface area contributed by atoms with Crippen molar-refractivity contribution in [3.63, 3.8) is 0 Å². The number of nitrogen functional groups attached to an aromatic ring is 2. The molecular formula is C14H16N4. The summed E-state index contributed by atoms with van der Waals surface area (Å²) in [4.78, 5) is 0. The highest BCUT2D eigenvalue weighted by atomic mass is 15.1. The van der Waals surface area contributed by atoms with Crippen LogP contribution in [0.2, 0.25) is 0 Å². The number of aryl methyl sites for hydroxylation is 2. The van der Waals surface area contributed by atoms with Crippen molar-refractivity contribution in [2.24, 2.45) is 10.2 Å². The third-order valence-corrected chi connectivity index (χ3v) is 2.53. The van der Waals surface area contributed by atoms with Crippen LogP contribution in [0.15, 0.2) is 46.6 Å². The molecular weight excluding hydrogens is 224 g/mol. The average Bonchev–Trinajstić information content (AvgIpc) is 2.26. The summed E-state index contributed by atoms with van der Waals surface area (Å²) in [7, 11) is 0. The Hall–Kier alpha value is -2.36. The molecule has 2 rings (SSSR count). The average molecular weight is 240 g/mol. The van der Waals surface area contributed by atoms with E-state index >= 15 is 0 Å². The molecule has 0 aliphatic carbocycles. The van der Waals surface area contributed by atoms with E-state index in [9.17, 15) is 0 Å². The van der Waals surface area contributed by atoms with Crippen molar-refractivity contribution in [3.8, 4) is 0 Å². The van der Waals surface area contributed by atoms with Crippen LogP contribution < -0.4 is 11.5 Å². The summed E-state index contributed by atoms with van der Waals surface area (Å²) in [5.41, 5.74) is 16.4. The van der Waals surface area contributed by atoms with Crippen molar-refractivity contribution in [1.82, 2.24) is 0 Å². The SMILES string of the molecule is Cc1cc(C)cc(N=Nc2ccc(N)cc2N)c1. The zero-order chi connectivity index (χ0) is 13.1. The van der Waals surface area contributed by atoms with E-state index in [-0.39, 0.29) is 0 Å². The molecule has 0 amide bonds. The first-order valence-corrected chi connectivity index (χ1v) is 5.69. The van der Waals surface area contributed by atoms with Crippen LogP contribution in [0, 0.1) is 13.8 Å². The molecule has 0 fully saturated rings. The highest BCUT2D eigenvalue weighted by molar-refractivity contribution is 5.67. The minimum absolute atomic E-state index is 0.531. The molecule has 2 aromatic rings. The van der Waals surface area contributed by atoms with Gasteiger partial charge in [-0.05, 0) is 55.3 Å². The maximum Gasteiger partial charge on any atom is 0.109 e. The van der Waals surface area contributed by atoms with E-state index < -0.39 is 0 Å². The Kier molecular flexibility index (Phi) is 3.28. The number of rotatable bonds is 2. The second-order valence-corrected chi connectivity index (χ2v) is 4.36. The molecule has 4 N–H and O–H groups in total. The molecule has 0 saturated heterocycles. The van der Waals surface area contributed by atoms with Gasteiger partial charge in [-0.15, -0.1) is 5.11 Å². The van der Waals surface area contributed by atoms with Crippen LogP contribution >= 0.6 is 0 Å². The quantitative estimate of drug-likeness (QED) is 0.617. The zero-order valence-electron chi connectivity index (χ0n) is 10.5. The molecule has 0 aliphatic rings. The van der Waals surface area contributed by atoms with Gasteiger partial charge in [0.1, 0.15) is 5.69 Å². The van der Waals surface area contributed by atoms with Crippen molar-refractivity contribution in [1.29, 1.82) is 0 Å².